The quantitative estimate of drug-likeness (QED) is 0.334. The van der Waals surface area contributed by atoms with Gasteiger partial charge in [-0.3, -0.25) is 9.59 Å². The number of nitrogens with one attached hydrogen (secondary N) is 1. The van der Waals surface area contributed by atoms with E-state index < -0.39 is 5.97 Å². The first-order valence-corrected chi connectivity index (χ1v) is 11.3. The number of ether oxygens (including phenoxy) is 1. The van der Waals surface area contributed by atoms with Crippen LogP contribution in [0.3, 0.4) is 0 Å². The molecule has 0 aromatic rings. The fourth-order valence-corrected chi connectivity index (χ4v) is 3.60. The first-order chi connectivity index (χ1) is 14.7. The predicted octanol–water partition coefficient (Wildman–Crippen LogP) is 3.84. The monoisotopic (exact) mass is 447 g/mol. The second-order valence-corrected chi connectivity index (χ2v) is 9.98. The molecule has 0 aromatic carbocycles. The summed E-state index contributed by atoms with van der Waals surface area (Å²) in [6.45, 7) is 15.9. The first kappa shape index (κ1) is 26.4. The summed E-state index contributed by atoms with van der Waals surface area (Å²) >= 11 is 0. The molecule has 2 rings (SSSR count). The molecule has 2 heterocycles. The molecule has 178 valence electrons. The second kappa shape index (κ2) is 10.4. The third-order valence-corrected chi connectivity index (χ3v) is 6.50. The van der Waals surface area contributed by atoms with Crippen molar-refractivity contribution in [1.29, 1.82) is 0 Å². The van der Waals surface area contributed by atoms with Crippen LogP contribution >= 0.6 is 0 Å². The van der Waals surface area contributed by atoms with Gasteiger partial charge in [-0.1, -0.05) is 25.2 Å². The van der Waals surface area contributed by atoms with Gasteiger partial charge in [-0.25, -0.2) is 0 Å². The van der Waals surface area contributed by atoms with Crippen molar-refractivity contribution in [3.63, 3.8) is 0 Å². The summed E-state index contributed by atoms with van der Waals surface area (Å²) < 4.78 is 18.4. The van der Waals surface area contributed by atoms with E-state index in [1.165, 1.54) is 6.08 Å². The van der Waals surface area contributed by atoms with Crippen LogP contribution in [-0.4, -0.2) is 53.6 Å². The van der Waals surface area contributed by atoms with Crippen molar-refractivity contribution >= 4 is 19.0 Å². The zero-order valence-corrected chi connectivity index (χ0v) is 20.6. The zero-order chi connectivity index (χ0) is 24.3. The van der Waals surface area contributed by atoms with Gasteiger partial charge in [0.1, 0.15) is 0 Å². The van der Waals surface area contributed by atoms with E-state index >= 15 is 0 Å². The van der Waals surface area contributed by atoms with Gasteiger partial charge in [0, 0.05) is 0 Å². The maximum Gasteiger partial charge on any atom is 0.489 e. The molecule has 0 aliphatic carbocycles. The van der Waals surface area contributed by atoms with Crippen LogP contribution in [0.15, 0.2) is 35.3 Å². The molecule has 0 saturated carbocycles. The average molecular weight is 447 g/mol. The molecule has 0 spiro atoms. The molecule has 32 heavy (non-hydrogen) atoms. The van der Waals surface area contributed by atoms with Crippen LogP contribution < -0.4 is 5.32 Å². The molecule has 4 atom stereocenters. The number of carbonyl (C=O) groups excluding carboxylic acids is 1. The average Bonchev–Trinajstić information content (AvgIpc) is 2.88. The molecule has 7 nitrogen and oxygen atoms in total. The normalized spacial score (nSPS) is 28.5. The summed E-state index contributed by atoms with van der Waals surface area (Å²) in [7, 11) is -0.368. The van der Waals surface area contributed by atoms with Gasteiger partial charge in [0.2, 0.25) is 5.91 Å². The number of hydrogen-bond donors (Lipinski definition) is 2. The molecule has 1 amide bonds. The van der Waals surface area contributed by atoms with E-state index in [0.29, 0.717) is 6.42 Å². The molecular formula is C24H38BNO6. The van der Waals surface area contributed by atoms with Gasteiger partial charge < -0.3 is 24.5 Å². The third-order valence-electron chi connectivity index (χ3n) is 6.50. The lowest BCUT2D eigenvalue weighted by Crippen LogP contribution is -2.46. The van der Waals surface area contributed by atoms with Crippen LogP contribution in [0.25, 0.3) is 0 Å². The molecule has 1 saturated heterocycles. The predicted molar refractivity (Wildman–Crippen MR) is 125 cm³/mol. The van der Waals surface area contributed by atoms with E-state index in [1.807, 2.05) is 54.5 Å². The van der Waals surface area contributed by atoms with Crippen LogP contribution in [0.1, 0.15) is 68.2 Å². The zero-order valence-electron chi connectivity index (χ0n) is 20.6. The highest BCUT2D eigenvalue weighted by Gasteiger charge is 2.51. The van der Waals surface area contributed by atoms with Crippen LogP contribution in [0.2, 0.25) is 0 Å². The Kier molecular flexibility index (Phi) is 8.53. The van der Waals surface area contributed by atoms with Gasteiger partial charge in [0.25, 0.3) is 0 Å². The SMILES string of the molecule is CC1=C[C@@H](NC(=O)/C=C\[C@@H](C)CC(=O)O)[C@@H](C)O[C@@H]1C/C=C(\C)B1OC(C)(C)C(C)(C)O1. The van der Waals surface area contributed by atoms with Crippen LogP contribution in [0, 0.1) is 5.92 Å². The van der Waals surface area contributed by atoms with Crippen molar-refractivity contribution in [3.05, 3.63) is 35.3 Å². The summed E-state index contributed by atoms with van der Waals surface area (Å²) in [5.74, 6) is -1.36. The first-order valence-electron chi connectivity index (χ1n) is 11.3. The Morgan fingerprint density at radius 2 is 1.84 bits per heavy atom. The minimum Gasteiger partial charge on any atom is -0.481 e. The molecule has 0 aromatic heterocycles. The van der Waals surface area contributed by atoms with E-state index in [9.17, 15) is 9.59 Å². The van der Waals surface area contributed by atoms with Crippen molar-refractivity contribution in [2.45, 2.75) is 97.7 Å². The molecule has 2 N–H and O–H groups in total. The summed E-state index contributed by atoms with van der Waals surface area (Å²) in [6, 6.07) is -0.244. The molecule has 2 aliphatic heterocycles. The fraction of sp³-hybridized carbons (Fsp3) is 0.667. The maximum absolute atomic E-state index is 12.2. The van der Waals surface area contributed by atoms with Gasteiger partial charge >= 0.3 is 13.1 Å². The lowest BCUT2D eigenvalue weighted by atomic mass is 9.78. The van der Waals surface area contributed by atoms with Crippen LogP contribution in [0.4, 0.5) is 0 Å². The van der Waals surface area contributed by atoms with Crippen molar-refractivity contribution in [1.82, 2.24) is 5.32 Å². The minimum atomic E-state index is -0.885. The third kappa shape index (κ3) is 6.80. The Morgan fingerprint density at radius 3 is 2.41 bits per heavy atom. The Hall–Kier alpha value is -1.90. The molecule has 0 unspecified atom stereocenters. The summed E-state index contributed by atoms with van der Waals surface area (Å²) in [5, 5.41) is 11.7. The Labute approximate surface area is 192 Å². The van der Waals surface area contributed by atoms with Crippen molar-refractivity contribution in [2.24, 2.45) is 5.92 Å². The molecule has 0 bridgehead atoms. The number of aliphatic carboxylic acids is 1. The highest BCUT2D eigenvalue weighted by Crippen LogP contribution is 2.38. The van der Waals surface area contributed by atoms with Gasteiger partial charge in [0.15, 0.2) is 0 Å². The smallest absolute Gasteiger partial charge is 0.481 e. The van der Waals surface area contributed by atoms with Gasteiger partial charge in [-0.2, -0.15) is 0 Å². The molecule has 2 aliphatic rings. The Balaban J connectivity index is 1.94. The van der Waals surface area contributed by atoms with E-state index in [0.717, 1.165) is 11.0 Å². The number of amides is 1. The number of carboxylic acids is 1. The number of carbonyl (C=O) groups is 2. The van der Waals surface area contributed by atoms with Gasteiger partial charge in [-0.05, 0) is 77.9 Å². The molecule has 8 heteroatoms. The van der Waals surface area contributed by atoms with Crippen molar-refractivity contribution in [2.75, 3.05) is 0 Å². The molecule has 1 fully saturated rings. The highest BCUT2D eigenvalue weighted by atomic mass is 16.7. The molecular weight excluding hydrogens is 409 g/mol. The van der Waals surface area contributed by atoms with E-state index in [4.69, 9.17) is 19.2 Å². The Morgan fingerprint density at radius 1 is 1.25 bits per heavy atom. The summed E-state index contributed by atoms with van der Waals surface area (Å²) in [6.07, 6.45) is 7.55. The highest BCUT2D eigenvalue weighted by molar-refractivity contribution is 6.54. The van der Waals surface area contributed by atoms with Crippen molar-refractivity contribution in [3.8, 4) is 0 Å². The Bertz CT molecular complexity index is 784. The lowest BCUT2D eigenvalue weighted by Gasteiger charge is -2.33. The molecule has 0 radical (unpaired) electrons. The largest absolute Gasteiger partial charge is 0.489 e. The standard InChI is InChI=1S/C24H38BNO6/c1-15(13-22(28)29)9-12-21(27)26-19-14-16(2)20(30-18(19)4)11-10-17(3)25-31-23(5,6)24(7,8)32-25/h9-10,12,14-15,18-20H,11,13H2,1-8H3,(H,26,27)(H,28,29)/b12-9-,17-10+/t15-,18-,19-,20-/m1/s1. The number of hydrogen-bond acceptors (Lipinski definition) is 5. The fourth-order valence-electron chi connectivity index (χ4n) is 3.60. The van der Waals surface area contributed by atoms with Crippen LogP contribution in [-0.2, 0) is 23.6 Å². The van der Waals surface area contributed by atoms with Gasteiger partial charge in [0.05, 0.1) is 35.9 Å². The topological polar surface area (TPSA) is 94.1 Å². The number of rotatable bonds is 8. The second-order valence-electron chi connectivity index (χ2n) is 9.98. The van der Waals surface area contributed by atoms with E-state index in [1.54, 1.807) is 13.0 Å². The van der Waals surface area contributed by atoms with Gasteiger partial charge in [-0.15, -0.1) is 0 Å². The maximum atomic E-state index is 12.2. The number of carboxylic acid groups (broad SMARTS) is 1. The van der Waals surface area contributed by atoms with E-state index in [-0.39, 0.29) is 54.8 Å². The minimum absolute atomic E-state index is 0.00766. The lowest BCUT2D eigenvalue weighted by molar-refractivity contribution is -0.137. The summed E-state index contributed by atoms with van der Waals surface area (Å²) in [5.41, 5.74) is 1.33. The summed E-state index contributed by atoms with van der Waals surface area (Å²) in [4.78, 5) is 23.0. The number of allylic oxidation sites excluding steroid dienone is 2. The van der Waals surface area contributed by atoms with Crippen molar-refractivity contribution < 1.29 is 28.7 Å². The van der Waals surface area contributed by atoms with Crippen LogP contribution in [0.5, 0.6) is 0 Å². The van der Waals surface area contributed by atoms with E-state index in [2.05, 4.69) is 11.4 Å².